The monoisotopic (exact) mass is 260 g/mol. The molecule has 0 aromatic rings. The summed E-state index contributed by atoms with van der Waals surface area (Å²) in [4.78, 5) is 24.5. The molecule has 2 amide bonds. The molecule has 0 spiro atoms. The molecule has 17 heavy (non-hydrogen) atoms. The highest BCUT2D eigenvalue weighted by atomic mass is 32.2. The van der Waals surface area contributed by atoms with Gasteiger partial charge in [-0.2, -0.15) is 11.8 Å². The van der Waals surface area contributed by atoms with Crippen molar-refractivity contribution in [3.05, 3.63) is 0 Å². The predicted octanol–water partition coefficient (Wildman–Crippen LogP) is 1.24. The zero-order valence-electron chi connectivity index (χ0n) is 10.3. The SMILES string of the molecule is CSCC[C@@H](NC(=O)N1CCC(C)C1)C(=O)O. The number of likely N-dealkylation sites (tertiary alicyclic amines) is 1. The van der Waals surface area contributed by atoms with E-state index in [9.17, 15) is 9.59 Å². The van der Waals surface area contributed by atoms with E-state index in [2.05, 4.69) is 12.2 Å². The number of rotatable bonds is 5. The van der Waals surface area contributed by atoms with Gasteiger partial charge in [-0.3, -0.25) is 0 Å². The maximum Gasteiger partial charge on any atom is 0.326 e. The minimum absolute atomic E-state index is 0.247. The molecule has 5 nitrogen and oxygen atoms in total. The highest BCUT2D eigenvalue weighted by Gasteiger charge is 2.26. The van der Waals surface area contributed by atoms with Gasteiger partial charge >= 0.3 is 12.0 Å². The number of nitrogens with zero attached hydrogens (tertiary/aromatic N) is 1. The third-order valence-corrected chi connectivity index (χ3v) is 3.56. The van der Waals surface area contributed by atoms with Crippen molar-refractivity contribution in [2.24, 2.45) is 5.92 Å². The predicted molar refractivity (Wildman–Crippen MR) is 68.3 cm³/mol. The van der Waals surface area contributed by atoms with Crippen molar-refractivity contribution in [2.75, 3.05) is 25.1 Å². The molecule has 0 saturated carbocycles. The molecule has 1 unspecified atom stereocenters. The topological polar surface area (TPSA) is 69.6 Å². The van der Waals surface area contributed by atoms with Crippen molar-refractivity contribution in [1.29, 1.82) is 0 Å². The minimum Gasteiger partial charge on any atom is -0.480 e. The van der Waals surface area contributed by atoms with Gasteiger partial charge in [-0.15, -0.1) is 0 Å². The highest BCUT2D eigenvalue weighted by Crippen LogP contribution is 2.15. The lowest BCUT2D eigenvalue weighted by Crippen LogP contribution is -2.47. The number of carbonyl (C=O) groups excluding carboxylic acids is 1. The van der Waals surface area contributed by atoms with Crippen LogP contribution in [0.15, 0.2) is 0 Å². The van der Waals surface area contributed by atoms with Crippen molar-refractivity contribution >= 4 is 23.8 Å². The Hall–Kier alpha value is -0.910. The lowest BCUT2D eigenvalue weighted by atomic mass is 10.2. The fraction of sp³-hybridized carbons (Fsp3) is 0.818. The van der Waals surface area contributed by atoms with Gasteiger partial charge in [0.15, 0.2) is 0 Å². The number of urea groups is 1. The van der Waals surface area contributed by atoms with E-state index in [0.717, 1.165) is 25.3 Å². The van der Waals surface area contributed by atoms with E-state index in [1.807, 2.05) is 6.26 Å². The maximum atomic E-state index is 11.8. The average Bonchev–Trinajstić information content (AvgIpc) is 2.70. The largest absolute Gasteiger partial charge is 0.480 e. The Morgan fingerprint density at radius 3 is 2.76 bits per heavy atom. The lowest BCUT2D eigenvalue weighted by Gasteiger charge is -2.20. The summed E-state index contributed by atoms with van der Waals surface area (Å²) in [5.41, 5.74) is 0. The molecule has 1 rings (SSSR count). The summed E-state index contributed by atoms with van der Waals surface area (Å²) in [6.07, 6.45) is 3.38. The second kappa shape index (κ2) is 6.74. The molecule has 1 fully saturated rings. The first-order valence-electron chi connectivity index (χ1n) is 5.81. The van der Waals surface area contributed by atoms with Crippen LogP contribution in [0.1, 0.15) is 19.8 Å². The van der Waals surface area contributed by atoms with Crippen LogP contribution in [-0.2, 0) is 4.79 Å². The molecular formula is C11H20N2O3S. The second-order valence-corrected chi connectivity index (χ2v) is 5.45. The van der Waals surface area contributed by atoms with Gasteiger partial charge in [-0.05, 0) is 30.8 Å². The van der Waals surface area contributed by atoms with Gasteiger partial charge in [0.05, 0.1) is 0 Å². The van der Waals surface area contributed by atoms with Crippen molar-refractivity contribution in [3.63, 3.8) is 0 Å². The number of carbonyl (C=O) groups is 2. The van der Waals surface area contributed by atoms with Gasteiger partial charge < -0.3 is 15.3 Å². The Balaban J connectivity index is 2.43. The summed E-state index contributed by atoms with van der Waals surface area (Å²) in [5, 5.41) is 11.6. The van der Waals surface area contributed by atoms with Crippen LogP contribution >= 0.6 is 11.8 Å². The van der Waals surface area contributed by atoms with E-state index in [0.29, 0.717) is 12.3 Å². The van der Waals surface area contributed by atoms with Gasteiger partial charge in [0.1, 0.15) is 6.04 Å². The van der Waals surface area contributed by atoms with Crippen LogP contribution in [0.5, 0.6) is 0 Å². The Bertz CT molecular complexity index is 286. The molecule has 6 heteroatoms. The molecule has 98 valence electrons. The fourth-order valence-electron chi connectivity index (χ4n) is 1.85. The van der Waals surface area contributed by atoms with E-state index < -0.39 is 12.0 Å². The minimum atomic E-state index is -0.959. The summed E-state index contributed by atoms with van der Waals surface area (Å²) in [6.45, 7) is 3.54. The van der Waals surface area contributed by atoms with Gasteiger partial charge in [-0.25, -0.2) is 9.59 Å². The fourth-order valence-corrected chi connectivity index (χ4v) is 2.32. The number of thioether (sulfide) groups is 1. The molecule has 0 aliphatic carbocycles. The van der Waals surface area contributed by atoms with Crippen molar-refractivity contribution in [1.82, 2.24) is 10.2 Å². The van der Waals surface area contributed by atoms with Gasteiger partial charge in [-0.1, -0.05) is 6.92 Å². The third kappa shape index (κ3) is 4.46. The molecule has 2 atom stereocenters. The number of nitrogens with one attached hydrogen (secondary N) is 1. The summed E-state index contributed by atoms with van der Waals surface area (Å²) in [7, 11) is 0. The van der Waals surface area contributed by atoms with Gasteiger partial charge in [0, 0.05) is 13.1 Å². The molecule has 0 bridgehead atoms. The van der Waals surface area contributed by atoms with Crippen LogP contribution in [0.3, 0.4) is 0 Å². The van der Waals surface area contributed by atoms with E-state index in [4.69, 9.17) is 5.11 Å². The molecule has 0 aromatic heterocycles. The Morgan fingerprint density at radius 1 is 1.59 bits per heavy atom. The van der Waals surface area contributed by atoms with Crippen LogP contribution in [0.25, 0.3) is 0 Å². The van der Waals surface area contributed by atoms with Gasteiger partial charge in [0.25, 0.3) is 0 Å². The van der Waals surface area contributed by atoms with Crippen LogP contribution in [-0.4, -0.2) is 53.1 Å². The standard InChI is InChI=1S/C11H20N2O3S/c1-8-3-5-13(7-8)11(16)12-9(10(14)15)4-6-17-2/h8-9H,3-7H2,1-2H3,(H,12,16)(H,14,15)/t8?,9-/m1/s1. The number of carboxylic acid groups (broad SMARTS) is 1. The molecule has 1 aliphatic heterocycles. The van der Waals surface area contributed by atoms with Crippen LogP contribution in [0.2, 0.25) is 0 Å². The van der Waals surface area contributed by atoms with Crippen molar-refractivity contribution < 1.29 is 14.7 Å². The number of carboxylic acids is 1. The summed E-state index contributed by atoms with van der Waals surface area (Å²) >= 11 is 1.58. The molecule has 1 heterocycles. The quantitative estimate of drug-likeness (QED) is 0.780. The second-order valence-electron chi connectivity index (χ2n) is 4.46. The number of hydrogen-bond acceptors (Lipinski definition) is 3. The van der Waals surface area contributed by atoms with Crippen LogP contribution in [0.4, 0.5) is 4.79 Å². The Morgan fingerprint density at radius 2 is 2.29 bits per heavy atom. The average molecular weight is 260 g/mol. The van der Waals surface area contributed by atoms with Crippen LogP contribution < -0.4 is 5.32 Å². The van der Waals surface area contributed by atoms with Crippen LogP contribution in [0, 0.1) is 5.92 Å². The van der Waals surface area contributed by atoms with Crippen molar-refractivity contribution in [2.45, 2.75) is 25.8 Å². The lowest BCUT2D eigenvalue weighted by molar-refractivity contribution is -0.139. The normalized spacial score (nSPS) is 21.3. The Labute approximate surface area is 106 Å². The number of amides is 2. The zero-order chi connectivity index (χ0) is 12.8. The van der Waals surface area contributed by atoms with E-state index >= 15 is 0 Å². The molecule has 0 aromatic carbocycles. The molecular weight excluding hydrogens is 240 g/mol. The summed E-state index contributed by atoms with van der Waals surface area (Å²) in [5.74, 6) is 0.281. The summed E-state index contributed by atoms with van der Waals surface area (Å²) < 4.78 is 0. The van der Waals surface area contributed by atoms with Gasteiger partial charge in [0.2, 0.25) is 0 Å². The molecule has 0 radical (unpaired) electrons. The highest BCUT2D eigenvalue weighted by molar-refractivity contribution is 7.98. The smallest absolute Gasteiger partial charge is 0.326 e. The first-order chi connectivity index (χ1) is 8.04. The first kappa shape index (κ1) is 14.2. The molecule has 2 N–H and O–H groups in total. The zero-order valence-corrected chi connectivity index (χ0v) is 11.1. The number of hydrogen-bond donors (Lipinski definition) is 2. The first-order valence-corrected chi connectivity index (χ1v) is 7.21. The third-order valence-electron chi connectivity index (χ3n) is 2.92. The number of aliphatic carboxylic acids is 1. The van der Waals surface area contributed by atoms with E-state index in [1.165, 1.54) is 0 Å². The molecule has 1 saturated heterocycles. The van der Waals surface area contributed by atoms with E-state index in [-0.39, 0.29) is 6.03 Å². The van der Waals surface area contributed by atoms with E-state index in [1.54, 1.807) is 16.7 Å². The molecule has 1 aliphatic rings. The van der Waals surface area contributed by atoms with Crippen molar-refractivity contribution in [3.8, 4) is 0 Å². The summed E-state index contributed by atoms with van der Waals surface area (Å²) in [6, 6.07) is -1.02. The Kier molecular flexibility index (Phi) is 5.61. The maximum absolute atomic E-state index is 11.8.